The molecule has 2 aromatic heterocycles. The van der Waals surface area contributed by atoms with E-state index in [2.05, 4.69) is 22.0 Å². The Labute approximate surface area is 151 Å². The lowest BCUT2D eigenvalue weighted by Gasteiger charge is -2.16. The van der Waals surface area contributed by atoms with Crippen LogP contribution in [0.15, 0.2) is 48.7 Å². The molecule has 26 heavy (non-hydrogen) atoms. The number of imidazole rings is 1. The van der Waals surface area contributed by atoms with Crippen LogP contribution in [0.2, 0.25) is 0 Å². The number of anilines is 2. The van der Waals surface area contributed by atoms with Crippen LogP contribution < -0.4 is 15.4 Å². The Morgan fingerprint density at radius 1 is 1.08 bits per heavy atom. The van der Waals surface area contributed by atoms with Gasteiger partial charge in [0.25, 0.3) is 0 Å². The van der Waals surface area contributed by atoms with Gasteiger partial charge in [-0.1, -0.05) is 24.3 Å². The SMILES string of the molecule is COc1cccc2c1nc(N)n1cc(Cc3ccccc3N(C)C)nc21. The summed E-state index contributed by atoms with van der Waals surface area (Å²) in [6.45, 7) is 0. The number of nitrogens with two attached hydrogens (primary N) is 1. The molecule has 2 aromatic carbocycles. The zero-order valence-electron chi connectivity index (χ0n) is 15.1. The predicted octanol–water partition coefficient (Wildman–Crippen LogP) is 3.13. The highest BCUT2D eigenvalue weighted by atomic mass is 16.5. The zero-order valence-corrected chi connectivity index (χ0v) is 15.1. The summed E-state index contributed by atoms with van der Waals surface area (Å²) in [4.78, 5) is 11.5. The first-order valence-electron chi connectivity index (χ1n) is 8.44. The number of hydrogen-bond donors (Lipinski definition) is 1. The van der Waals surface area contributed by atoms with Crippen LogP contribution in [0.25, 0.3) is 16.6 Å². The maximum Gasteiger partial charge on any atom is 0.206 e. The van der Waals surface area contributed by atoms with E-state index < -0.39 is 0 Å². The first-order chi connectivity index (χ1) is 12.6. The molecular formula is C20H21N5O. The Morgan fingerprint density at radius 3 is 2.65 bits per heavy atom. The van der Waals surface area contributed by atoms with E-state index in [9.17, 15) is 0 Å². The quantitative estimate of drug-likeness (QED) is 0.614. The van der Waals surface area contributed by atoms with Crippen molar-refractivity contribution in [2.75, 3.05) is 31.8 Å². The molecule has 0 aliphatic rings. The fraction of sp³-hybridized carbons (Fsp3) is 0.200. The first-order valence-corrected chi connectivity index (χ1v) is 8.44. The van der Waals surface area contributed by atoms with Gasteiger partial charge in [0.2, 0.25) is 5.95 Å². The molecule has 0 unspecified atom stereocenters. The number of nitrogens with zero attached hydrogens (tertiary/aromatic N) is 4. The molecule has 0 bridgehead atoms. The average Bonchev–Trinajstić information content (AvgIpc) is 3.06. The number of para-hydroxylation sites is 2. The van der Waals surface area contributed by atoms with E-state index in [1.807, 2.05) is 55.0 Å². The minimum Gasteiger partial charge on any atom is -0.494 e. The molecule has 6 nitrogen and oxygen atoms in total. The largest absolute Gasteiger partial charge is 0.494 e. The van der Waals surface area contributed by atoms with Crippen molar-refractivity contribution in [2.24, 2.45) is 0 Å². The molecule has 2 N–H and O–H groups in total. The van der Waals surface area contributed by atoms with Crippen LogP contribution in [0.4, 0.5) is 11.6 Å². The number of rotatable bonds is 4. The van der Waals surface area contributed by atoms with Crippen molar-refractivity contribution in [1.82, 2.24) is 14.4 Å². The van der Waals surface area contributed by atoms with E-state index in [-0.39, 0.29) is 0 Å². The lowest BCUT2D eigenvalue weighted by molar-refractivity contribution is 0.419. The molecule has 0 saturated carbocycles. The van der Waals surface area contributed by atoms with E-state index in [0.29, 0.717) is 11.7 Å². The Balaban J connectivity index is 1.86. The summed E-state index contributed by atoms with van der Waals surface area (Å²) < 4.78 is 7.26. The monoisotopic (exact) mass is 347 g/mol. The van der Waals surface area contributed by atoms with Crippen LogP contribution in [0.3, 0.4) is 0 Å². The molecule has 0 fully saturated rings. The van der Waals surface area contributed by atoms with Crippen molar-refractivity contribution in [3.05, 3.63) is 59.9 Å². The topological polar surface area (TPSA) is 68.7 Å². The predicted molar refractivity (Wildman–Crippen MR) is 105 cm³/mol. The van der Waals surface area contributed by atoms with E-state index in [0.717, 1.165) is 28.7 Å². The van der Waals surface area contributed by atoms with Crippen LogP contribution in [0.5, 0.6) is 5.75 Å². The molecule has 0 atom stereocenters. The third-order valence-corrected chi connectivity index (χ3v) is 4.53. The fourth-order valence-electron chi connectivity index (χ4n) is 3.32. The molecular weight excluding hydrogens is 326 g/mol. The summed E-state index contributed by atoms with van der Waals surface area (Å²) in [5.74, 6) is 1.09. The van der Waals surface area contributed by atoms with Gasteiger partial charge in [-0.05, 0) is 23.8 Å². The number of nitrogen functional groups attached to an aromatic ring is 1. The van der Waals surface area contributed by atoms with E-state index >= 15 is 0 Å². The second kappa shape index (κ2) is 6.22. The van der Waals surface area contributed by atoms with Crippen molar-refractivity contribution in [3.8, 4) is 5.75 Å². The molecule has 0 spiro atoms. The highest BCUT2D eigenvalue weighted by Gasteiger charge is 2.14. The van der Waals surface area contributed by atoms with Crippen LogP contribution in [-0.2, 0) is 6.42 Å². The van der Waals surface area contributed by atoms with Gasteiger partial charge in [0, 0.05) is 37.8 Å². The third kappa shape index (κ3) is 2.60. The van der Waals surface area contributed by atoms with Gasteiger partial charge in [0.15, 0.2) is 0 Å². The lowest BCUT2D eigenvalue weighted by Crippen LogP contribution is -2.11. The first kappa shape index (κ1) is 16.2. The van der Waals surface area contributed by atoms with Gasteiger partial charge >= 0.3 is 0 Å². The molecule has 6 heteroatoms. The van der Waals surface area contributed by atoms with Gasteiger partial charge in [-0.15, -0.1) is 0 Å². The lowest BCUT2D eigenvalue weighted by atomic mass is 10.1. The number of hydrogen-bond acceptors (Lipinski definition) is 5. The molecule has 0 saturated heterocycles. The van der Waals surface area contributed by atoms with Crippen molar-refractivity contribution >= 4 is 28.2 Å². The van der Waals surface area contributed by atoms with E-state index in [1.165, 1.54) is 11.3 Å². The summed E-state index contributed by atoms with van der Waals surface area (Å²) in [6, 6.07) is 14.1. The van der Waals surface area contributed by atoms with Gasteiger partial charge in [-0.2, -0.15) is 0 Å². The fourth-order valence-corrected chi connectivity index (χ4v) is 3.32. The van der Waals surface area contributed by atoms with E-state index in [4.69, 9.17) is 15.5 Å². The zero-order chi connectivity index (χ0) is 18.3. The Morgan fingerprint density at radius 2 is 1.88 bits per heavy atom. The van der Waals surface area contributed by atoms with Gasteiger partial charge < -0.3 is 15.4 Å². The van der Waals surface area contributed by atoms with Crippen LogP contribution in [-0.4, -0.2) is 35.6 Å². The molecule has 4 rings (SSSR count). The second-order valence-corrected chi connectivity index (χ2v) is 6.45. The standard InChI is InChI=1S/C20H21N5O/c1-24(2)16-9-5-4-7-13(16)11-14-12-25-19(22-14)15-8-6-10-17(26-3)18(15)23-20(25)21/h4-10,12H,11H2,1-3H3,(H2,21,23). The van der Waals surface area contributed by atoms with Crippen molar-refractivity contribution in [2.45, 2.75) is 6.42 Å². The molecule has 132 valence electrons. The van der Waals surface area contributed by atoms with Gasteiger partial charge in [0.05, 0.1) is 12.8 Å². The third-order valence-electron chi connectivity index (χ3n) is 4.53. The normalized spacial score (nSPS) is 11.2. The molecule has 0 aliphatic heterocycles. The minimum absolute atomic E-state index is 0.400. The number of fused-ring (bicyclic) bond motifs is 3. The Bertz CT molecular complexity index is 1100. The number of benzene rings is 2. The number of methoxy groups -OCH3 is 1. The van der Waals surface area contributed by atoms with Crippen LogP contribution >= 0.6 is 0 Å². The van der Waals surface area contributed by atoms with Crippen molar-refractivity contribution in [1.29, 1.82) is 0 Å². The molecule has 4 aromatic rings. The highest BCUT2D eigenvalue weighted by molar-refractivity contribution is 5.96. The summed E-state index contributed by atoms with van der Waals surface area (Å²) in [6.07, 6.45) is 2.68. The van der Waals surface area contributed by atoms with Gasteiger partial charge in [0.1, 0.15) is 16.9 Å². The summed E-state index contributed by atoms with van der Waals surface area (Å²) in [5, 5.41) is 0.922. The molecule has 2 heterocycles. The molecule has 0 radical (unpaired) electrons. The maximum absolute atomic E-state index is 6.18. The van der Waals surface area contributed by atoms with Gasteiger partial charge in [-0.3, -0.25) is 4.40 Å². The van der Waals surface area contributed by atoms with Crippen molar-refractivity contribution in [3.63, 3.8) is 0 Å². The number of aromatic nitrogens is 3. The number of ether oxygens (including phenoxy) is 1. The Kier molecular flexibility index (Phi) is 3.88. The van der Waals surface area contributed by atoms with Crippen LogP contribution in [0, 0.1) is 0 Å². The summed E-state index contributed by atoms with van der Waals surface area (Å²) >= 11 is 0. The average molecular weight is 347 g/mol. The van der Waals surface area contributed by atoms with Gasteiger partial charge in [-0.25, -0.2) is 9.97 Å². The minimum atomic E-state index is 0.400. The second-order valence-electron chi connectivity index (χ2n) is 6.45. The molecule has 0 amide bonds. The summed E-state index contributed by atoms with van der Waals surface area (Å²) in [5.41, 5.74) is 11.0. The smallest absolute Gasteiger partial charge is 0.206 e. The molecule has 0 aliphatic carbocycles. The summed E-state index contributed by atoms with van der Waals surface area (Å²) in [7, 11) is 5.72. The Hall–Kier alpha value is -3.28. The maximum atomic E-state index is 6.18. The van der Waals surface area contributed by atoms with Crippen LogP contribution in [0.1, 0.15) is 11.3 Å². The highest BCUT2D eigenvalue weighted by Crippen LogP contribution is 2.29. The van der Waals surface area contributed by atoms with Crippen molar-refractivity contribution < 1.29 is 4.74 Å². The van der Waals surface area contributed by atoms with E-state index in [1.54, 1.807) is 7.11 Å².